The van der Waals surface area contributed by atoms with Crippen molar-refractivity contribution in [2.24, 2.45) is 16.1 Å². The van der Waals surface area contributed by atoms with E-state index in [1.165, 1.54) is 5.56 Å². The highest BCUT2D eigenvalue weighted by Gasteiger charge is 2.67. The molecule has 1 aliphatic heterocycles. The molecule has 1 aromatic carbocycles. The number of carbonyl (C=O) groups is 1. The molecule has 3 aliphatic rings. The lowest BCUT2D eigenvalue weighted by Crippen LogP contribution is -2.54. The highest BCUT2D eigenvalue weighted by atomic mass is 16.5. The minimum atomic E-state index is -0.918. The second-order valence-corrected chi connectivity index (χ2v) is 8.71. The van der Waals surface area contributed by atoms with Gasteiger partial charge in [-0.2, -0.15) is 0 Å². The largest absolute Gasteiger partial charge is 0.383 e. The highest BCUT2D eigenvalue weighted by molar-refractivity contribution is 6.08. The van der Waals surface area contributed by atoms with Crippen molar-refractivity contribution in [1.29, 1.82) is 0 Å². The molecule has 2 spiro atoms. The number of aliphatic imine (C=N–C) groups is 1. The molecule has 1 saturated carbocycles. The maximum Gasteiger partial charge on any atom is 0.262 e. The number of ether oxygens (including phenoxy) is 2. The van der Waals surface area contributed by atoms with Gasteiger partial charge in [0.1, 0.15) is 0 Å². The zero-order chi connectivity index (χ0) is 20.1. The van der Waals surface area contributed by atoms with E-state index in [1.807, 2.05) is 6.92 Å². The zero-order valence-corrected chi connectivity index (χ0v) is 17.3. The van der Waals surface area contributed by atoms with Crippen molar-refractivity contribution in [1.82, 2.24) is 4.90 Å². The Hall–Kier alpha value is -1.92. The highest BCUT2D eigenvalue weighted by Crippen LogP contribution is 2.62. The van der Waals surface area contributed by atoms with Crippen LogP contribution in [-0.2, 0) is 26.2 Å². The molecule has 6 nitrogen and oxygen atoms in total. The second kappa shape index (κ2) is 6.85. The molecule has 1 fully saturated rings. The topological polar surface area (TPSA) is 77.2 Å². The average Bonchev–Trinajstić information content (AvgIpc) is 3.09. The Morgan fingerprint density at radius 3 is 2.68 bits per heavy atom. The number of carbonyl (C=O) groups excluding carboxylic acids is 1. The normalized spacial score (nSPS) is 32.9. The van der Waals surface area contributed by atoms with E-state index < -0.39 is 5.54 Å². The second-order valence-electron chi connectivity index (χ2n) is 8.71. The number of methoxy groups -OCH3 is 2. The van der Waals surface area contributed by atoms with Gasteiger partial charge in [0.25, 0.3) is 5.91 Å². The summed E-state index contributed by atoms with van der Waals surface area (Å²) in [6.45, 7) is 4.46. The molecule has 1 aromatic rings. The number of aryl methyl sites for hydroxylation is 1. The molecule has 0 aromatic heterocycles. The third-order valence-corrected chi connectivity index (χ3v) is 7.08. The van der Waals surface area contributed by atoms with Crippen LogP contribution in [0, 0.1) is 12.3 Å². The standard InChI is InChI=1S/C22H31N3O3/c1-14-5-6-16-12-21(9-7-17(28-4)8-10-21)22(18(16)11-14)19(26)25(20(23)24-22)15(2)13-27-3/h5-6,11,15,17H,7-10,12-13H2,1-4H3,(H2,23,24). The molecule has 1 heterocycles. The van der Waals surface area contributed by atoms with Crippen LogP contribution in [-0.4, -0.2) is 49.7 Å². The summed E-state index contributed by atoms with van der Waals surface area (Å²) in [4.78, 5) is 20.6. The van der Waals surface area contributed by atoms with Gasteiger partial charge in [-0.1, -0.05) is 23.8 Å². The average molecular weight is 386 g/mol. The number of amides is 1. The third kappa shape index (κ3) is 2.54. The maximum absolute atomic E-state index is 14.0. The molecule has 2 unspecified atom stereocenters. The number of rotatable bonds is 4. The van der Waals surface area contributed by atoms with Crippen molar-refractivity contribution >= 4 is 11.9 Å². The molecule has 6 heteroatoms. The van der Waals surface area contributed by atoms with Crippen LogP contribution < -0.4 is 5.73 Å². The molecule has 0 saturated heterocycles. The smallest absolute Gasteiger partial charge is 0.262 e. The molecule has 2 N–H and O–H groups in total. The molecule has 28 heavy (non-hydrogen) atoms. The molecule has 0 bridgehead atoms. The minimum Gasteiger partial charge on any atom is -0.383 e. The number of benzene rings is 1. The first-order chi connectivity index (χ1) is 13.4. The lowest BCUT2D eigenvalue weighted by Gasteiger charge is -2.45. The number of nitrogens with two attached hydrogens (primary N) is 1. The van der Waals surface area contributed by atoms with Gasteiger partial charge in [-0.15, -0.1) is 0 Å². The van der Waals surface area contributed by atoms with Gasteiger partial charge >= 0.3 is 0 Å². The van der Waals surface area contributed by atoms with E-state index in [2.05, 4.69) is 25.1 Å². The number of guanidine groups is 1. The Kier molecular flexibility index (Phi) is 4.74. The summed E-state index contributed by atoms with van der Waals surface area (Å²) in [5, 5.41) is 0. The van der Waals surface area contributed by atoms with E-state index in [9.17, 15) is 4.79 Å². The molecule has 2 atom stereocenters. The first-order valence-electron chi connectivity index (χ1n) is 10.2. The third-order valence-electron chi connectivity index (χ3n) is 7.08. The van der Waals surface area contributed by atoms with E-state index in [1.54, 1.807) is 19.1 Å². The number of nitrogens with zero attached hydrogens (tertiary/aromatic N) is 2. The van der Waals surface area contributed by atoms with Gasteiger partial charge in [-0.05, 0) is 57.1 Å². The van der Waals surface area contributed by atoms with E-state index in [0.717, 1.165) is 43.2 Å². The molecular formula is C22H31N3O3. The number of fused-ring (bicyclic) bond motifs is 3. The molecule has 4 rings (SSSR count). The van der Waals surface area contributed by atoms with E-state index in [-0.39, 0.29) is 23.5 Å². The van der Waals surface area contributed by atoms with Crippen LogP contribution in [0.2, 0.25) is 0 Å². The Morgan fingerprint density at radius 1 is 1.32 bits per heavy atom. The Morgan fingerprint density at radius 2 is 2.04 bits per heavy atom. The fourth-order valence-corrected chi connectivity index (χ4v) is 5.69. The minimum absolute atomic E-state index is 0.00904. The number of hydrogen-bond donors (Lipinski definition) is 1. The predicted octanol–water partition coefficient (Wildman–Crippen LogP) is 2.51. The molecule has 1 amide bonds. The lowest BCUT2D eigenvalue weighted by atomic mass is 9.61. The lowest BCUT2D eigenvalue weighted by molar-refractivity contribution is -0.140. The van der Waals surface area contributed by atoms with Crippen molar-refractivity contribution in [3.8, 4) is 0 Å². The molecule has 2 aliphatic carbocycles. The van der Waals surface area contributed by atoms with Gasteiger partial charge in [-0.25, -0.2) is 4.99 Å². The van der Waals surface area contributed by atoms with Crippen LogP contribution in [0.3, 0.4) is 0 Å². The van der Waals surface area contributed by atoms with Crippen LogP contribution >= 0.6 is 0 Å². The summed E-state index contributed by atoms with van der Waals surface area (Å²) in [7, 11) is 3.41. The summed E-state index contributed by atoms with van der Waals surface area (Å²) in [6.07, 6.45) is 4.84. The van der Waals surface area contributed by atoms with Gasteiger partial charge < -0.3 is 15.2 Å². The van der Waals surface area contributed by atoms with E-state index in [4.69, 9.17) is 20.2 Å². The van der Waals surface area contributed by atoms with Crippen LogP contribution in [0.15, 0.2) is 23.2 Å². The van der Waals surface area contributed by atoms with Crippen LogP contribution in [0.4, 0.5) is 0 Å². The maximum atomic E-state index is 14.0. The quantitative estimate of drug-likeness (QED) is 0.864. The van der Waals surface area contributed by atoms with E-state index in [0.29, 0.717) is 12.6 Å². The van der Waals surface area contributed by atoms with Crippen molar-refractivity contribution in [2.45, 2.75) is 63.6 Å². The summed E-state index contributed by atoms with van der Waals surface area (Å²) < 4.78 is 10.9. The Bertz CT molecular complexity index is 813. The van der Waals surface area contributed by atoms with Gasteiger partial charge in [0.15, 0.2) is 11.5 Å². The molecule has 0 radical (unpaired) electrons. The predicted molar refractivity (Wildman–Crippen MR) is 108 cm³/mol. The van der Waals surface area contributed by atoms with E-state index >= 15 is 0 Å². The summed E-state index contributed by atoms with van der Waals surface area (Å²) in [6, 6.07) is 6.29. The molecule has 152 valence electrons. The Balaban J connectivity index is 1.84. The van der Waals surface area contributed by atoms with Crippen LogP contribution in [0.25, 0.3) is 0 Å². The zero-order valence-electron chi connectivity index (χ0n) is 17.3. The summed E-state index contributed by atoms with van der Waals surface area (Å²) >= 11 is 0. The van der Waals surface area contributed by atoms with Crippen molar-refractivity contribution in [3.05, 3.63) is 34.9 Å². The first-order valence-corrected chi connectivity index (χ1v) is 10.2. The SMILES string of the molecule is COCC(C)N1C(=O)C2(N=C1N)c1cc(C)ccc1CC21CCC(OC)CC1. The summed E-state index contributed by atoms with van der Waals surface area (Å²) in [5.74, 6) is 0.326. The first kappa shape index (κ1) is 19.4. The van der Waals surface area contributed by atoms with Crippen molar-refractivity contribution in [3.63, 3.8) is 0 Å². The van der Waals surface area contributed by atoms with Crippen LogP contribution in [0.1, 0.15) is 49.3 Å². The van der Waals surface area contributed by atoms with Gasteiger partial charge in [0, 0.05) is 19.6 Å². The fraction of sp³-hybridized carbons (Fsp3) is 0.636. The number of hydrogen-bond acceptors (Lipinski definition) is 5. The van der Waals surface area contributed by atoms with Crippen LogP contribution in [0.5, 0.6) is 0 Å². The fourth-order valence-electron chi connectivity index (χ4n) is 5.69. The van der Waals surface area contributed by atoms with Crippen molar-refractivity contribution in [2.75, 3.05) is 20.8 Å². The van der Waals surface area contributed by atoms with Gasteiger partial charge in [-0.3, -0.25) is 9.69 Å². The van der Waals surface area contributed by atoms with Gasteiger partial charge in [0.2, 0.25) is 0 Å². The van der Waals surface area contributed by atoms with Crippen molar-refractivity contribution < 1.29 is 14.3 Å². The monoisotopic (exact) mass is 385 g/mol. The molecular weight excluding hydrogens is 354 g/mol. The summed E-state index contributed by atoms with van der Waals surface area (Å²) in [5.41, 5.74) is 8.63. The Labute approximate surface area is 167 Å². The van der Waals surface area contributed by atoms with Gasteiger partial charge in [0.05, 0.1) is 18.8 Å².